The molecule has 1 aromatic carbocycles. The maximum Gasteiger partial charge on any atom is 0.222 e. The Morgan fingerprint density at radius 3 is 2.71 bits per heavy atom. The van der Waals surface area contributed by atoms with Crippen molar-refractivity contribution in [1.29, 1.82) is 0 Å². The molecule has 3 nitrogen and oxygen atoms in total. The van der Waals surface area contributed by atoms with E-state index in [0.717, 1.165) is 30.6 Å². The highest BCUT2D eigenvalue weighted by atomic mass is 35.5. The molecule has 0 atom stereocenters. The molecule has 2 aromatic rings. The van der Waals surface area contributed by atoms with Gasteiger partial charge in [-0.1, -0.05) is 30.1 Å². The van der Waals surface area contributed by atoms with E-state index in [-0.39, 0.29) is 0 Å². The lowest BCUT2D eigenvalue weighted by Crippen LogP contribution is -2.14. The van der Waals surface area contributed by atoms with Crippen LogP contribution in [0.3, 0.4) is 0 Å². The molecule has 0 saturated heterocycles. The van der Waals surface area contributed by atoms with Gasteiger partial charge in [0.1, 0.15) is 5.75 Å². The molecular formula is C16H18Cl2N2O. The van der Waals surface area contributed by atoms with Crippen LogP contribution in [0.5, 0.6) is 11.6 Å². The first-order valence-electron chi connectivity index (χ1n) is 6.89. The summed E-state index contributed by atoms with van der Waals surface area (Å²) in [6.07, 6.45) is 2.93. The van der Waals surface area contributed by atoms with Crippen LogP contribution in [0.1, 0.15) is 24.5 Å². The van der Waals surface area contributed by atoms with E-state index in [0.29, 0.717) is 21.7 Å². The van der Waals surface area contributed by atoms with Crippen LogP contribution in [0.2, 0.25) is 10.0 Å². The number of ether oxygens (including phenoxy) is 1. The van der Waals surface area contributed by atoms with Crippen LogP contribution < -0.4 is 10.1 Å². The number of halogens is 2. The van der Waals surface area contributed by atoms with Gasteiger partial charge in [0.2, 0.25) is 5.88 Å². The van der Waals surface area contributed by atoms with Crippen LogP contribution in [0.4, 0.5) is 0 Å². The van der Waals surface area contributed by atoms with Crippen LogP contribution in [-0.4, -0.2) is 11.5 Å². The van der Waals surface area contributed by atoms with Gasteiger partial charge in [0.25, 0.3) is 0 Å². The lowest BCUT2D eigenvalue weighted by molar-refractivity contribution is 0.458. The van der Waals surface area contributed by atoms with Gasteiger partial charge in [0, 0.05) is 23.3 Å². The van der Waals surface area contributed by atoms with Crippen LogP contribution in [0, 0.1) is 6.92 Å². The number of rotatable bonds is 6. The SMILES string of the molecule is CCCNCc1cnc(Oc2ccc(Cl)cc2Cl)c(C)c1. The molecular weight excluding hydrogens is 307 g/mol. The van der Waals surface area contributed by atoms with Gasteiger partial charge < -0.3 is 10.1 Å². The Morgan fingerprint density at radius 1 is 1.24 bits per heavy atom. The summed E-state index contributed by atoms with van der Waals surface area (Å²) in [5, 5.41) is 4.39. The highest BCUT2D eigenvalue weighted by Gasteiger charge is 2.08. The number of aryl methyl sites for hydroxylation is 1. The van der Waals surface area contributed by atoms with Crippen LogP contribution in [0.15, 0.2) is 30.5 Å². The fourth-order valence-corrected chi connectivity index (χ4v) is 2.34. The zero-order valence-corrected chi connectivity index (χ0v) is 13.6. The maximum atomic E-state index is 6.10. The third-order valence-corrected chi connectivity index (χ3v) is 3.47. The summed E-state index contributed by atoms with van der Waals surface area (Å²) in [4.78, 5) is 4.36. The van der Waals surface area contributed by atoms with Gasteiger partial charge in [-0.15, -0.1) is 0 Å². The zero-order chi connectivity index (χ0) is 15.2. The lowest BCUT2D eigenvalue weighted by Gasteiger charge is -2.11. The summed E-state index contributed by atoms with van der Waals surface area (Å²) in [5.74, 6) is 1.10. The molecule has 1 N–H and O–H groups in total. The maximum absolute atomic E-state index is 6.10. The molecule has 21 heavy (non-hydrogen) atoms. The monoisotopic (exact) mass is 324 g/mol. The number of pyridine rings is 1. The number of hydrogen-bond acceptors (Lipinski definition) is 3. The Kier molecular flexibility index (Phi) is 5.85. The number of nitrogens with one attached hydrogen (secondary N) is 1. The van der Waals surface area contributed by atoms with E-state index < -0.39 is 0 Å². The fourth-order valence-electron chi connectivity index (χ4n) is 1.90. The van der Waals surface area contributed by atoms with Crippen molar-refractivity contribution >= 4 is 23.2 Å². The zero-order valence-electron chi connectivity index (χ0n) is 12.1. The minimum absolute atomic E-state index is 0.470. The van der Waals surface area contributed by atoms with E-state index in [1.54, 1.807) is 18.2 Å². The van der Waals surface area contributed by atoms with Gasteiger partial charge in [0.15, 0.2) is 0 Å². The number of aromatic nitrogens is 1. The van der Waals surface area contributed by atoms with Gasteiger partial charge >= 0.3 is 0 Å². The summed E-state index contributed by atoms with van der Waals surface area (Å²) >= 11 is 12.0. The van der Waals surface area contributed by atoms with Crippen LogP contribution >= 0.6 is 23.2 Å². The van der Waals surface area contributed by atoms with E-state index in [2.05, 4.69) is 23.3 Å². The average molecular weight is 325 g/mol. The van der Waals surface area contributed by atoms with E-state index in [1.165, 1.54) is 0 Å². The Bertz CT molecular complexity index is 617. The van der Waals surface area contributed by atoms with E-state index in [4.69, 9.17) is 27.9 Å². The first-order chi connectivity index (χ1) is 10.1. The second-order valence-electron chi connectivity index (χ2n) is 4.82. The fraction of sp³-hybridized carbons (Fsp3) is 0.312. The Balaban J connectivity index is 2.10. The number of benzene rings is 1. The Hall–Kier alpha value is -1.29. The molecule has 0 spiro atoms. The third kappa shape index (κ3) is 4.60. The highest BCUT2D eigenvalue weighted by molar-refractivity contribution is 6.35. The summed E-state index contributed by atoms with van der Waals surface area (Å²) in [6.45, 7) is 5.92. The minimum atomic E-state index is 0.470. The molecule has 0 aliphatic carbocycles. The summed E-state index contributed by atoms with van der Waals surface area (Å²) in [6, 6.07) is 7.19. The normalized spacial score (nSPS) is 10.7. The molecule has 0 aliphatic heterocycles. The smallest absolute Gasteiger partial charge is 0.222 e. The molecule has 2 rings (SSSR count). The number of nitrogens with zero attached hydrogens (tertiary/aromatic N) is 1. The summed E-state index contributed by atoms with van der Waals surface area (Å²) < 4.78 is 5.75. The molecule has 0 saturated carbocycles. The van der Waals surface area contributed by atoms with Crippen molar-refractivity contribution in [3.05, 3.63) is 51.6 Å². The largest absolute Gasteiger partial charge is 0.437 e. The van der Waals surface area contributed by atoms with E-state index in [9.17, 15) is 0 Å². The van der Waals surface area contributed by atoms with Crippen molar-refractivity contribution in [1.82, 2.24) is 10.3 Å². The topological polar surface area (TPSA) is 34.2 Å². The number of hydrogen-bond donors (Lipinski definition) is 1. The molecule has 0 aliphatic rings. The second-order valence-corrected chi connectivity index (χ2v) is 5.66. The molecule has 0 radical (unpaired) electrons. The highest BCUT2D eigenvalue weighted by Crippen LogP contribution is 2.32. The minimum Gasteiger partial charge on any atom is -0.437 e. The van der Waals surface area contributed by atoms with Gasteiger partial charge in [-0.2, -0.15) is 0 Å². The molecule has 5 heteroatoms. The van der Waals surface area contributed by atoms with Crippen molar-refractivity contribution in [2.75, 3.05) is 6.54 Å². The predicted octanol–water partition coefficient (Wildman–Crippen LogP) is 4.99. The Labute approximate surface area is 135 Å². The predicted molar refractivity (Wildman–Crippen MR) is 87.5 cm³/mol. The van der Waals surface area contributed by atoms with Gasteiger partial charge in [0.05, 0.1) is 5.02 Å². The quantitative estimate of drug-likeness (QED) is 0.760. The van der Waals surface area contributed by atoms with Crippen molar-refractivity contribution in [2.24, 2.45) is 0 Å². The first-order valence-corrected chi connectivity index (χ1v) is 7.65. The first kappa shape index (κ1) is 16.1. The van der Waals surface area contributed by atoms with Gasteiger partial charge in [-0.05, 0) is 49.7 Å². The lowest BCUT2D eigenvalue weighted by atomic mass is 10.2. The van der Waals surface area contributed by atoms with Crippen molar-refractivity contribution in [2.45, 2.75) is 26.8 Å². The van der Waals surface area contributed by atoms with Crippen LogP contribution in [0.25, 0.3) is 0 Å². The van der Waals surface area contributed by atoms with E-state index in [1.807, 2.05) is 13.1 Å². The standard InChI is InChI=1S/C16H18Cl2N2O/c1-3-6-19-9-12-7-11(2)16(20-10-12)21-15-5-4-13(17)8-14(15)18/h4-5,7-8,10,19H,3,6,9H2,1-2H3. The van der Waals surface area contributed by atoms with E-state index >= 15 is 0 Å². The molecule has 0 bridgehead atoms. The average Bonchev–Trinajstić information content (AvgIpc) is 2.44. The molecule has 112 valence electrons. The van der Waals surface area contributed by atoms with Crippen molar-refractivity contribution < 1.29 is 4.74 Å². The van der Waals surface area contributed by atoms with Gasteiger partial charge in [-0.3, -0.25) is 0 Å². The molecule has 1 aromatic heterocycles. The third-order valence-electron chi connectivity index (χ3n) is 2.94. The molecule has 0 amide bonds. The summed E-state index contributed by atoms with van der Waals surface area (Å²) in [7, 11) is 0. The van der Waals surface area contributed by atoms with Crippen molar-refractivity contribution in [3.63, 3.8) is 0 Å². The van der Waals surface area contributed by atoms with Crippen molar-refractivity contribution in [3.8, 4) is 11.6 Å². The second kappa shape index (κ2) is 7.64. The molecule has 1 heterocycles. The molecule has 0 unspecified atom stereocenters. The summed E-state index contributed by atoms with van der Waals surface area (Å²) in [5.41, 5.74) is 2.10. The van der Waals surface area contributed by atoms with Gasteiger partial charge in [-0.25, -0.2) is 4.98 Å². The van der Waals surface area contributed by atoms with Crippen LogP contribution in [-0.2, 0) is 6.54 Å². The Morgan fingerprint density at radius 2 is 2.05 bits per heavy atom. The molecule has 0 fully saturated rings.